The maximum Gasteiger partial charge on any atom is 0.0291 e. The quantitative estimate of drug-likeness (QED) is 0.635. The standard InChI is InChI=1S/C12H21N/c1-10-3-9-4-11(2,6-10)8-12(13,5-9)7-10/h9H,3-8,13H2,1-2H3/i1D3,2D3,3D2,4D2,5D2,6D2,7D2,8D2. The van der Waals surface area contributed by atoms with Crippen molar-refractivity contribution in [2.24, 2.45) is 22.5 Å². The molecule has 2 unspecified atom stereocenters. The summed E-state index contributed by atoms with van der Waals surface area (Å²) in [4.78, 5) is 0. The molecule has 4 rings (SSSR count). The van der Waals surface area contributed by atoms with Crippen LogP contribution in [0.2, 0.25) is 0 Å². The van der Waals surface area contributed by atoms with Crippen LogP contribution in [0.15, 0.2) is 0 Å². The Balaban J connectivity index is 2.82. The second kappa shape index (κ2) is 1.98. The predicted molar refractivity (Wildman–Crippen MR) is 54.3 cm³/mol. The summed E-state index contributed by atoms with van der Waals surface area (Å²) in [6, 6.07) is 0. The Morgan fingerprint density at radius 3 is 2.31 bits per heavy atom. The zero-order valence-electron chi connectivity index (χ0n) is 24.7. The van der Waals surface area contributed by atoms with Gasteiger partial charge >= 0.3 is 0 Å². The van der Waals surface area contributed by atoms with Crippen LogP contribution in [0.4, 0.5) is 0 Å². The Bertz CT molecular complexity index is 777. The zero-order valence-corrected chi connectivity index (χ0v) is 6.65. The van der Waals surface area contributed by atoms with E-state index in [0.717, 1.165) is 0 Å². The Morgan fingerprint density at radius 2 is 1.77 bits per heavy atom. The van der Waals surface area contributed by atoms with Crippen LogP contribution in [0.25, 0.3) is 0 Å². The van der Waals surface area contributed by atoms with E-state index in [-0.39, 0.29) is 0 Å². The largest absolute Gasteiger partial charge is 0.325 e. The van der Waals surface area contributed by atoms with Gasteiger partial charge in [0.05, 0.1) is 0 Å². The molecule has 0 aromatic carbocycles. The normalized spacial score (nSPS) is 110. The molecule has 2 N–H and O–H groups in total. The fraction of sp³-hybridized carbons (Fsp3) is 1.00. The van der Waals surface area contributed by atoms with Crippen molar-refractivity contribution < 1.29 is 24.7 Å². The second-order valence-electron chi connectivity index (χ2n) is 3.55. The van der Waals surface area contributed by atoms with Crippen LogP contribution >= 0.6 is 0 Å². The molecule has 0 aromatic heterocycles. The van der Waals surface area contributed by atoms with E-state index >= 15 is 0 Å². The molecule has 13 heavy (non-hydrogen) atoms. The van der Waals surface area contributed by atoms with Gasteiger partial charge in [-0.2, -0.15) is 0 Å². The van der Waals surface area contributed by atoms with Gasteiger partial charge in [-0.25, -0.2) is 0 Å². The van der Waals surface area contributed by atoms with Gasteiger partial charge in [-0.15, -0.1) is 0 Å². The molecule has 1 nitrogen and oxygen atoms in total. The minimum Gasteiger partial charge on any atom is -0.325 e. The summed E-state index contributed by atoms with van der Waals surface area (Å²) in [5, 5.41) is 0. The number of hydrogen-bond donors (Lipinski definition) is 1. The first-order valence-electron chi connectivity index (χ1n) is 12.9. The molecule has 4 aliphatic rings. The van der Waals surface area contributed by atoms with Gasteiger partial charge in [-0.3, -0.25) is 0 Å². The van der Waals surface area contributed by atoms with E-state index in [1.807, 2.05) is 0 Å². The molecular weight excluding hydrogens is 158 g/mol. The van der Waals surface area contributed by atoms with Crippen LogP contribution in [0.3, 0.4) is 0 Å². The van der Waals surface area contributed by atoms with Gasteiger partial charge in [0.2, 0.25) is 0 Å². The average Bonchev–Trinajstić information content (AvgIpc) is 2.35. The third-order valence-electron chi connectivity index (χ3n) is 2.24. The molecular formula is C12H21N. The lowest BCUT2D eigenvalue weighted by Gasteiger charge is -2.64. The van der Waals surface area contributed by atoms with Crippen molar-refractivity contribution in [2.45, 2.75) is 57.5 Å². The lowest BCUT2D eigenvalue weighted by Crippen LogP contribution is -2.62. The molecule has 0 radical (unpaired) electrons. The van der Waals surface area contributed by atoms with Crippen molar-refractivity contribution in [3.63, 3.8) is 0 Å². The van der Waals surface area contributed by atoms with Gasteiger partial charge < -0.3 is 5.73 Å². The van der Waals surface area contributed by atoms with Crippen LogP contribution in [-0.2, 0) is 0 Å². The van der Waals surface area contributed by atoms with Gasteiger partial charge in [-0.1, -0.05) is 13.7 Å². The lowest BCUT2D eigenvalue weighted by atomic mass is 9.43. The molecule has 0 spiro atoms. The van der Waals surface area contributed by atoms with Crippen LogP contribution in [0, 0.1) is 16.7 Å². The third kappa shape index (κ3) is 1.09. The monoisotopic (exact) mass is 197 g/mol. The molecule has 4 aliphatic carbocycles. The minimum absolute atomic E-state index is 2.92. The molecule has 0 amide bonds. The Kier molecular flexibility index (Phi) is 0.259. The predicted octanol–water partition coefficient (Wildman–Crippen LogP) is 2.69. The average molecular weight is 197 g/mol. The SMILES string of the molecule is [2H]C([2H])([2H])C12C([2H])([2H])C3C([2H])([2H])C(N)(C1([2H])[2H])C([2H])([2H])C(C([2H])([2H])[2H])(C3([2H])[2H])C2([2H])[2H]. The smallest absolute Gasteiger partial charge is 0.0291 e. The van der Waals surface area contributed by atoms with Crippen molar-refractivity contribution in [1.82, 2.24) is 0 Å². The fourth-order valence-corrected chi connectivity index (χ4v) is 1.95. The first-order chi connectivity index (χ1) is 13.1. The first kappa shape index (κ1) is 1.71. The van der Waals surface area contributed by atoms with Crippen molar-refractivity contribution >= 4 is 0 Å². The topological polar surface area (TPSA) is 26.0 Å². The highest BCUT2D eigenvalue weighted by Gasteiger charge is 2.58. The van der Waals surface area contributed by atoms with Gasteiger partial charge in [-0.05, 0) is 55.0 Å². The van der Waals surface area contributed by atoms with Crippen LogP contribution in [-0.4, -0.2) is 5.54 Å². The van der Waals surface area contributed by atoms with Crippen molar-refractivity contribution in [2.75, 3.05) is 0 Å². The van der Waals surface area contributed by atoms with Gasteiger partial charge in [0.1, 0.15) is 0 Å². The Morgan fingerprint density at radius 1 is 1.15 bits per heavy atom. The fourth-order valence-electron chi connectivity index (χ4n) is 1.95. The van der Waals surface area contributed by atoms with Crippen molar-refractivity contribution in [1.29, 1.82) is 0 Å². The van der Waals surface area contributed by atoms with Crippen LogP contribution in [0.1, 0.15) is 76.6 Å². The molecule has 74 valence electrons. The molecule has 4 saturated carbocycles. The van der Waals surface area contributed by atoms with E-state index in [4.69, 9.17) is 30.4 Å². The van der Waals surface area contributed by atoms with Gasteiger partial charge in [0.25, 0.3) is 0 Å². The van der Waals surface area contributed by atoms with Gasteiger partial charge in [0, 0.05) is 30.2 Å². The molecule has 0 saturated heterocycles. The van der Waals surface area contributed by atoms with E-state index in [0.29, 0.717) is 0 Å². The molecule has 4 fully saturated rings. The van der Waals surface area contributed by atoms with Crippen molar-refractivity contribution in [3.8, 4) is 0 Å². The summed E-state index contributed by atoms with van der Waals surface area (Å²) >= 11 is 0. The van der Waals surface area contributed by atoms with E-state index in [1.54, 1.807) is 0 Å². The lowest BCUT2D eigenvalue weighted by molar-refractivity contribution is -0.104. The summed E-state index contributed by atoms with van der Waals surface area (Å²) in [5.41, 5.74) is -5.85. The molecule has 0 heterocycles. The molecule has 1 heteroatoms. The summed E-state index contributed by atoms with van der Waals surface area (Å²) in [5.74, 6) is -2.92. The van der Waals surface area contributed by atoms with E-state index in [9.17, 15) is 0 Å². The Labute approximate surface area is 106 Å². The highest BCUT2D eigenvalue weighted by molar-refractivity contribution is 5.12. The number of nitrogens with two attached hydrogens (primary N) is 1. The maximum absolute atomic E-state index is 8.61. The zero-order chi connectivity index (χ0) is 25.1. The molecule has 4 bridgehead atoms. The highest BCUT2D eigenvalue weighted by atomic mass is 14.8. The number of hydrogen-bond acceptors (Lipinski definition) is 1. The van der Waals surface area contributed by atoms with E-state index in [1.165, 1.54) is 0 Å². The van der Waals surface area contributed by atoms with E-state index < -0.39 is 74.2 Å². The minimum atomic E-state index is -4.23. The summed E-state index contributed by atoms with van der Waals surface area (Å²) in [6.07, 6.45) is -23.7. The molecule has 0 aromatic rings. The van der Waals surface area contributed by atoms with Gasteiger partial charge in [0.15, 0.2) is 0 Å². The maximum atomic E-state index is 8.61. The molecule has 2 atom stereocenters. The second-order valence-corrected chi connectivity index (χ2v) is 3.55. The Hall–Kier alpha value is -0.0400. The third-order valence-corrected chi connectivity index (χ3v) is 2.24. The first-order valence-corrected chi connectivity index (χ1v) is 3.90. The summed E-state index contributed by atoms with van der Waals surface area (Å²) in [6.45, 7) is -8.04. The van der Waals surface area contributed by atoms with Crippen molar-refractivity contribution in [3.05, 3.63) is 0 Å². The van der Waals surface area contributed by atoms with E-state index in [2.05, 4.69) is 0 Å². The van der Waals surface area contributed by atoms with Crippen LogP contribution < -0.4 is 5.73 Å². The summed E-state index contributed by atoms with van der Waals surface area (Å²) < 4.78 is 150. The highest BCUT2D eigenvalue weighted by Crippen LogP contribution is 2.65. The van der Waals surface area contributed by atoms with Crippen LogP contribution in [0.5, 0.6) is 0 Å². The summed E-state index contributed by atoms with van der Waals surface area (Å²) in [7, 11) is 0. The molecule has 0 aliphatic heterocycles. The number of rotatable bonds is 0.